The third-order valence-electron chi connectivity index (χ3n) is 3.20. The zero-order valence-corrected chi connectivity index (χ0v) is 14.1. The minimum atomic E-state index is 0.0639. The van der Waals surface area contributed by atoms with Gasteiger partial charge in [0.1, 0.15) is 5.75 Å². The number of amides is 1. The van der Waals surface area contributed by atoms with E-state index in [-0.39, 0.29) is 16.7 Å². The summed E-state index contributed by atoms with van der Waals surface area (Å²) in [6, 6.07) is 7.92. The Morgan fingerprint density at radius 3 is 2.30 bits per heavy atom. The maximum Gasteiger partial charge on any atom is 0.232 e. The molecule has 1 rings (SSSR count). The van der Waals surface area contributed by atoms with E-state index in [0.717, 1.165) is 11.3 Å². The summed E-state index contributed by atoms with van der Waals surface area (Å²) >= 11 is 1.68. The first-order chi connectivity index (χ1) is 9.24. The fourth-order valence-corrected chi connectivity index (χ4v) is 2.46. The molecule has 1 atom stereocenters. The number of carbonyl (C=O) groups excluding carboxylic acids is 1. The molecule has 0 bridgehead atoms. The van der Waals surface area contributed by atoms with Crippen LogP contribution in [-0.4, -0.2) is 35.5 Å². The van der Waals surface area contributed by atoms with Gasteiger partial charge in [-0.15, -0.1) is 11.8 Å². The van der Waals surface area contributed by atoms with Crippen molar-refractivity contribution in [3.05, 3.63) is 29.8 Å². The van der Waals surface area contributed by atoms with Crippen LogP contribution in [0.1, 0.15) is 39.3 Å². The van der Waals surface area contributed by atoms with Gasteiger partial charge >= 0.3 is 0 Å². The van der Waals surface area contributed by atoms with Crippen molar-refractivity contribution >= 4 is 17.7 Å². The molecule has 1 aromatic carbocycles. The van der Waals surface area contributed by atoms with Crippen molar-refractivity contribution in [1.29, 1.82) is 0 Å². The summed E-state index contributed by atoms with van der Waals surface area (Å²) in [4.78, 5) is 14.0. The Kier molecular flexibility index (Phi) is 5.93. The minimum Gasteiger partial charge on any atom is -0.497 e. The molecule has 0 saturated heterocycles. The van der Waals surface area contributed by atoms with E-state index in [1.807, 2.05) is 38.2 Å². The van der Waals surface area contributed by atoms with Gasteiger partial charge < -0.3 is 9.64 Å². The molecular formula is C16H25NO2S. The molecular weight excluding hydrogens is 270 g/mol. The van der Waals surface area contributed by atoms with E-state index in [2.05, 4.69) is 20.8 Å². The van der Waals surface area contributed by atoms with E-state index in [9.17, 15) is 4.79 Å². The van der Waals surface area contributed by atoms with Gasteiger partial charge in [-0.1, -0.05) is 32.9 Å². The number of carbonyl (C=O) groups is 1. The lowest BCUT2D eigenvalue weighted by Crippen LogP contribution is -2.32. The maximum absolute atomic E-state index is 12.2. The molecule has 0 aromatic heterocycles. The number of benzene rings is 1. The van der Waals surface area contributed by atoms with Crippen LogP contribution in [0.4, 0.5) is 0 Å². The lowest BCUT2D eigenvalue weighted by molar-refractivity contribution is -0.128. The largest absolute Gasteiger partial charge is 0.497 e. The zero-order chi connectivity index (χ0) is 15.3. The summed E-state index contributed by atoms with van der Waals surface area (Å²) in [6.45, 7) is 8.41. The van der Waals surface area contributed by atoms with Gasteiger partial charge in [0, 0.05) is 11.8 Å². The molecule has 0 heterocycles. The van der Waals surface area contributed by atoms with Crippen molar-refractivity contribution in [2.45, 2.75) is 38.5 Å². The predicted octanol–water partition coefficient (Wildman–Crippen LogP) is 3.75. The summed E-state index contributed by atoms with van der Waals surface area (Å²) in [6.07, 6.45) is 0. The van der Waals surface area contributed by atoms with E-state index in [1.54, 1.807) is 23.8 Å². The second-order valence-corrected chi connectivity index (χ2v) is 7.66. The molecule has 1 aromatic rings. The van der Waals surface area contributed by atoms with Gasteiger partial charge in [-0.25, -0.2) is 0 Å². The number of hydrogen-bond acceptors (Lipinski definition) is 3. The lowest BCUT2D eigenvalue weighted by atomic mass is 10.1. The smallest absolute Gasteiger partial charge is 0.232 e. The van der Waals surface area contributed by atoms with E-state index >= 15 is 0 Å². The van der Waals surface area contributed by atoms with Gasteiger partial charge in [-0.3, -0.25) is 4.79 Å². The SMILES string of the molecule is COc1ccc(C(C)N(C)C(=O)CSC(C)(C)C)cc1. The topological polar surface area (TPSA) is 29.5 Å². The lowest BCUT2D eigenvalue weighted by Gasteiger charge is -2.27. The summed E-state index contributed by atoms with van der Waals surface area (Å²) in [5.74, 6) is 1.51. The van der Waals surface area contributed by atoms with Gasteiger partial charge in [-0.05, 0) is 24.6 Å². The zero-order valence-electron chi connectivity index (χ0n) is 13.3. The molecule has 0 N–H and O–H groups in total. The van der Waals surface area contributed by atoms with Crippen LogP contribution < -0.4 is 4.74 Å². The Morgan fingerprint density at radius 1 is 1.30 bits per heavy atom. The second kappa shape index (κ2) is 7.02. The Labute approximate surface area is 126 Å². The third-order valence-corrected chi connectivity index (χ3v) is 4.46. The van der Waals surface area contributed by atoms with Gasteiger partial charge in [0.2, 0.25) is 5.91 Å². The molecule has 0 aliphatic rings. The summed E-state index contributed by atoms with van der Waals surface area (Å²) in [7, 11) is 3.51. The van der Waals surface area contributed by atoms with Gasteiger partial charge in [0.05, 0.1) is 18.9 Å². The fourth-order valence-electron chi connectivity index (χ4n) is 1.70. The minimum absolute atomic E-state index is 0.0639. The summed E-state index contributed by atoms with van der Waals surface area (Å²) in [5, 5.41) is 0. The average molecular weight is 295 g/mol. The molecule has 20 heavy (non-hydrogen) atoms. The van der Waals surface area contributed by atoms with Crippen LogP contribution in [0.2, 0.25) is 0 Å². The van der Waals surface area contributed by atoms with Crippen LogP contribution in [0.3, 0.4) is 0 Å². The van der Waals surface area contributed by atoms with Crippen LogP contribution in [0, 0.1) is 0 Å². The van der Waals surface area contributed by atoms with E-state index < -0.39 is 0 Å². The van der Waals surface area contributed by atoms with Crippen molar-refractivity contribution in [3.8, 4) is 5.75 Å². The highest BCUT2D eigenvalue weighted by Crippen LogP contribution is 2.26. The number of hydrogen-bond donors (Lipinski definition) is 0. The van der Waals surface area contributed by atoms with Crippen molar-refractivity contribution in [2.75, 3.05) is 19.9 Å². The standard InChI is InChI=1S/C16H25NO2S/c1-12(13-7-9-14(19-6)10-8-13)17(5)15(18)11-20-16(2,3)4/h7-10,12H,11H2,1-6H3. The second-order valence-electron chi connectivity index (χ2n) is 5.85. The van der Waals surface area contributed by atoms with Crippen LogP contribution in [0.25, 0.3) is 0 Å². The Balaban J connectivity index is 2.65. The summed E-state index contributed by atoms with van der Waals surface area (Å²) in [5.41, 5.74) is 1.11. The van der Waals surface area contributed by atoms with Gasteiger partial charge in [0.25, 0.3) is 0 Å². The van der Waals surface area contributed by atoms with Gasteiger partial charge in [0.15, 0.2) is 0 Å². The third kappa shape index (κ3) is 5.08. The molecule has 0 fully saturated rings. The maximum atomic E-state index is 12.2. The quantitative estimate of drug-likeness (QED) is 0.828. The summed E-state index contributed by atoms with van der Waals surface area (Å²) < 4.78 is 5.26. The fraction of sp³-hybridized carbons (Fsp3) is 0.562. The molecule has 4 heteroatoms. The number of ether oxygens (including phenoxy) is 1. The Hall–Kier alpha value is -1.16. The molecule has 1 amide bonds. The first kappa shape index (κ1) is 16.9. The van der Waals surface area contributed by atoms with E-state index in [1.165, 1.54) is 0 Å². The van der Waals surface area contributed by atoms with Crippen LogP contribution >= 0.6 is 11.8 Å². The Bertz CT molecular complexity index is 437. The van der Waals surface area contributed by atoms with Crippen molar-refractivity contribution in [2.24, 2.45) is 0 Å². The predicted molar refractivity (Wildman–Crippen MR) is 86.4 cm³/mol. The van der Waals surface area contributed by atoms with Crippen LogP contribution in [0.15, 0.2) is 24.3 Å². The average Bonchev–Trinajstić information content (AvgIpc) is 2.42. The van der Waals surface area contributed by atoms with Crippen LogP contribution in [-0.2, 0) is 4.79 Å². The van der Waals surface area contributed by atoms with Crippen molar-refractivity contribution < 1.29 is 9.53 Å². The van der Waals surface area contributed by atoms with E-state index in [0.29, 0.717) is 5.75 Å². The van der Waals surface area contributed by atoms with Crippen molar-refractivity contribution in [1.82, 2.24) is 4.90 Å². The molecule has 0 spiro atoms. The van der Waals surface area contributed by atoms with E-state index in [4.69, 9.17) is 4.74 Å². The molecule has 0 aliphatic carbocycles. The molecule has 0 saturated carbocycles. The molecule has 0 radical (unpaired) electrons. The monoisotopic (exact) mass is 295 g/mol. The molecule has 112 valence electrons. The first-order valence-corrected chi connectivity index (χ1v) is 7.76. The highest BCUT2D eigenvalue weighted by Gasteiger charge is 2.20. The number of nitrogens with zero attached hydrogens (tertiary/aromatic N) is 1. The first-order valence-electron chi connectivity index (χ1n) is 6.78. The van der Waals surface area contributed by atoms with Gasteiger partial charge in [-0.2, -0.15) is 0 Å². The number of rotatable bonds is 5. The normalized spacial score (nSPS) is 12.9. The molecule has 3 nitrogen and oxygen atoms in total. The number of methoxy groups -OCH3 is 1. The highest BCUT2D eigenvalue weighted by atomic mass is 32.2. The number of thioether (sulfide) groups is 1. The molecule has 0 aliphatic heterocycles. The van der Waals surface area contributed by atoms with Crippen molar-refractivity contribution in [3.63, 3.8) is 0 Å². The highest BCUT2D eigenvalue weighted by molar-refractivity contribution is 8.01. The Morgan fingerprint density at radius 2 is 1.85 bits per heavy atom. The van der Waals surface area contributed by atoms with Crippen LogP contribution in [0.5, 0.6) is 5.75 Å². The molecule has 1 unspecified atom stereocenters.